The normalized spacial score (nSPS) is 12.8. The summed E-state index contributed by atoms with van der Waals surface area (Å²) < 4.78 is 24.9. The maximum Gasteiger partial charge on any atom is 0.178 e. The van der Waals surface area contributed by atoms with Crippen LogP contribution in [0.25, 0.3) is 0 Å². The van der Waals surface area contributed by atoms with E-state index in [1.165, 1.54) is 0 Å². The summed E-state index contributed by atoms with van der Waals surface area (Å²) in [7, 11) is -3.26. The second kappa shape index (κ2) is 4.85. The molecular formula is C11H16BrNO2S. The summed E-state index contributed by atoms with van der Waals surface area (Å²) in [6.07, 6.45) is 0. The van der Waals surface area contributed by atoms with Crippen LogP contribution in [-0.2, 0) is 9.84 Å². The van der Waals surface area contributed by atoms with Crippen LogP contribution in [0.2, 0.25) is 0 Å². The highest BCUT2D eigenvalue weighted by atomic mass is 79.9. The topological polar surface area (TPSA) is 60.2 Å². The maximum absolute atomic E-state index is 12.1. The molecule has 16 heavy (non-hydrogen) atoms. The van der Waals surface area contributed by atoms with E-state index in [1.807, 2.05) is 13.8 Å². The SMILES string of the molecule is CC(C)(CN)CS(=O)(=O)c1cccc(Br)c1. The lowest BCUT2D eigenvalue weighted by molar-refractivity contribution is 0.425. The monoisotopic (exact) mass is 305 g/mol. The Kier molecular flexibility index (Phi) is 4.15. The molecular weight excluding hydrogens is 290 g/mol. The van der Waals surface area contributed by atoms with Crippen molar-refractivity contribution in [3.8, 4) is 0 Å². The van der Waals surface area contributed by atoms with Gasteiger partial charge in [-0.05, 0) is 30.2 Å². The molecule has 1 aromatic rings. The molecule has 0 aliphatic heterocycles. The van der Waals surface area contributed by atoms with E-state index in [-0.39, 0.29) is 5.75 Å². The van der Waals surface area contributed by atoms with E-state index >= 15 is 0 Å². The number of rotatable bonds is 4. The largest absolute Gasteiger partial charge is 0.330 e. The third-order valence-corrected chi connectivity index (χ3v) is 4.92. The minimum absolute atomic E-state index is 0.0625. The molecule has 1 aromatic carbocycles. The van der Waals surface area contributed by atoms with Crippen LogP contribution in [0.4, 0.5) is 0 Å². The average Bonchev–Trinajstić information content (AvgIpc) is 2.16. The number of nitrogens with two attached hydrogens (primary N) is 1. The van der Waals surface area contributed by atoms with E-state index in [4.69, 9.17) is 5.73 Å². The third kappa shape index (κ3) is 3.57. The Balaban J connectivity index is 3.04. The van der Waals surface area contributed by atoms with E-state index < -0.39 is 15.3 Å². The van der Waals surface area contributed by atoms with Gasteiger partial charge in [0.25, 0.3) is 0 Å². The quantitative estimate of drug-likeness (QED) is 0.928. The molecule has 90 valence electrons. The van der Waals surface area contributed by atoms with Crippen molar-refractivity contribution in [1.82, 2.24) is 0 Å². The van der Waals surface area contributed by atoms with Gasteiger partial charge in [0.05, 0.1) is 10.6 Å². The predicted octanol–water partition coefficient (Wildman–Crippen LogP) is 2.21. The van der Waals surface area contributed by atoms with Gasteiger partial charge < -0.3 is 5.73 Å². The molecule has 0 bridgehead atoms. The molecule has 0 unspecified atom stereocenters. The van der Waals surface area contributed by atoms with Gasteiger partial charge in [-0.25, -0.2) is 8.42 Å². The first-order valence-corrected chi connectivity index (χ1v) is 7.40. The zero-order valence-corrected chi connectivity index (χ0v) is 11.8. The van der Waals surface area contributed by atoms with E-state index in [1.54, 1.807) is 24.3 Å². The molecule has 0 saturated carbocycles. The van der Waals surface area contributed by atoms with Gasteiger partial charge in [-0.2, -0.15) is 0 Å². The lowest BCUT2D eigenvalue weighted by atomic mass is 9.97. The highest BCUT2D eigenvalue weighted by Gasteiger charge is 2.26. The Morgan fingerprint density at radius 3 is 2.50 bits per heavy atom. The zero-order valence-electron chi connectivity index (χ0n) is 9.40. The van der Waals surface area contributed by atoms with Crippen molar-refractivity contribution in [2.24, 2.45) is 11.1 Å². The van der Waals surface area contributed by atoms with Gasteiger partial charge in [0.15, 0.2) is 9.84 Å². The van der Waals surface area contributed by atoms with Crippen LogP contribution in [0.3, 0.4) is 0 Å². The van der Waals surface area contributed by atoms with Gasteiger partial charge in [-0.3, -0.25) is 0 Å². The predicted molar refractivity (Wildman–Crippen MR) is 69.0 cm³/mol. The summed E-state index contributed by atoms with van der Waals surface area (Å²) in [5.74, 6) is 0.0625. The summed E-state index contributed by atoms with van der Waals surface area (Å²) in [4.78, 5) is 0.336. The Morgan fingerprint density at radius 1 is 1.38 bits per heavy atom. The van der Waals surface area contributed by atoms with Gasteiger partial charge in [0, 0.05) is 4.47 Å². The van der Waals surface area contributed by atoms with Crippen molar-refractivity contribution in [2.45, 2.75) is 18.7 Å². The van der Waals surface area contributed by atoms with E-state index in [0.717, 1.165) is 4.47 Å². The average molecular weight is 306 g/mol. The van der Waals surface area contributed by atoms with Gasteiger partial charge in [-0.1, -0.05) is 35.8 Å². The van der Waals surface area contributed by atoms with Gasteiger partial charge in [-0.15, -0.1) is 0 Å². The van der Waals surface area contributed by atoms with E-state index in [9.17, 15) is 8.42 Å². The molecule has 0 aliphatic carbocycles. The summed E-state index contributed by atoms with van der Waals surface area (Å²) in [5.41, 5.74) is 5.15. The molecule has 3 nitrogen and oxygen atoms in total. The molecule has 0 aliphatic rings. The number of hydrogen-bond donors (Lipinski definition) is 1. The fourth-order valence-corrected chi connectivity index (χ4v) is 3.77. The highest BCUT2D eigenvalue weighted by molar-refractivity contribution is 9.10. The molecule has 0 aromatic heterocycles. The molecule has 1 rings (SSSR count). The summed E-state index contributed by atoms with van der Waals surface area (Å²) >= 11 is 3.26. The molecule has 0 spiro atoms. The van der Waals surface area contributed by atoms with Crippen molar-refractivity contribution in [1.29, 1.82) is 0 Å². The van der Waals surface area contributed by atoms with Crippen molar-refractivity contribution in [3.05, 3.63) is 28.7 Å². The van der Waals surface area contributed by atoms with Gasteiger partial charge in [0.1, 0.15) is 0 Å². The molecule has 0 atom stereocenters. The number of sulfone groups is 1. The van der Waals surface area contributed by atoms with Crippen LogP contribution < -0.4 is 5.73 Å². The van der Waals surface area contributed by atoms with Crippen LogP contribution in [0.1, 0.15) is 13.8 Å². The second-order valence-electron chi connectivity index (χ2n) is 4.58. The Labute approximate surface area is 105 Å². The molecule has 0 amide bonds. The smallest absolute Gasteiger partial charge is 0.178 e. The lowest BCUT2D eigenvalue weighted by Gasteiger charge is -2.21. The van der Waals surface area contributed by atoms with Crippen molar-refractivity contribution >= 4 is 25.8 Å². The van der Waals surface area contributed by atoms with Crippen molar-refractivity contribution in [3.63, 3.8) is 0 Å². The van der Waals surface area contributed by atoms with Crippen LogP contribution in [-0.4, -0.2) is 20.7 Å². The first-order valence-electron chi connectivity index (χ1n) is 4.95. The Bertz CT molecular complexity index is 469. The van der Waals surface area contributed by atoms with Gasteiger partial charge >= 0.3 is 0 Å². The third-order valence-electron chi connectivity index (χ3n) is 2.29. The molecule has 2 N–H and O–H groups in total. The van der Waals surface area contributed by atoms with Crippen molar-refractivity contribution in [2.75, 3.05) is 12.3 Å². The maximum atomic E-state index is 12.1. The molecule has 0 fully saturated rings. The second-order valence-corrected chi connectivity index (χ2v) is 7.49. The number of halogens is 1. The van der Waals surface area contributed by atoms with Crippen LogP contribution in [0.15, 0.2) is 33.6 Å². The van der Waals surface area contributed by atoms with Crippen LogP contribution >= 0.6 is 15.9 Å². The molecule has 0 radical (unpaired) electrons. The highest BCUT2D eigenvalue weighted by Crippen LogP contribution is 2.23. The summed E-state index contributed by atoms with van der Waals surface area (Å²) in [6.45, 7) is 4.05. The van der Waals surface area contributed by atoms with E-state index in [0.29, 0.717) is 11.4 Å². The fraction of sp³-hybridized carbons (Fsp3) is 0.455. The standard InChI is InChI=1S/C11H16BrNO2S/c1-11(2,7-13)8-16(14,15)10-5-3-4-9(12)6-10/h3-6H,7-8,13H2,1-2H3. The van der Waals surface area contributed by atoms with Crippen LogP contribution in [0.5, 0.6) is 0 Å². The Hall–Kier alpha value is -0.390. The summed E-state index contributed by atoms with van der Waals surface area (Å²) in [5, 5.41) is 0. The molecule has 0 saturated heterocycles. The molecule has 5 heteroatoms. The number of hydrogen-bond acceptors (Lipinski definition) is 3. The molecule has 0 heterocycles. The lowest BCUT2D eigenvalue weighted by Crippen LogP contribution is -2.31. The number of benzene rings is 1. The summed E-state index contributed by atoms with van der Waals surface area (Å²) in [6, 6.07) is 6.73. The van der Waals surface area contributed by atoms with Gasteiger partial charge in [0.2, 0.25) is 0 Å². The van der Waals surface area contributed by atoms with Crippen molar-refractivity contribution < 1.29 is 8.42 Å². The van der Waals surface area contributed by atoms with Crippen LogP contribution in [0, 0.1) is 5.41 Å². The fourth-order valence-electron chi connectivity index (χ4n) is 1.32. The first-order chi connectivity index (χ1) is 7.27. The first kappa shape index (κ1) is 13.7. The minimum atomic E-state index is -3.26. The zero-order chi connectivity index (χ0) is 12.4. The minimum Gasteiger partial charge on any atom is -0.330 e. The van der Waals surface area contributed by atoms with E-state index in [2.05, 4.69) is 15.9 Å². The Morgan fingerprint density at radius 2 is 2.00 bits per heavy atom.